The quantitative estimate of drug-likeness (QED) is 0.585. The van der Waals surface area contributed by atoms with Crippen LogP contribution in [0.3, 0.4) is 0 Å². The van der Waals surface area contributed by atoms with Gasteiger partial charge in [0.25, 0.3) is 0 Å². The molecule has 5 nitrogen and oxygen atoms in total. The minimum Gasteiger partial charge on any atom is -0.325 e. The zero-order valence-electron chi connectivity index (χ0n) is 16.4. The Morgan fingerprint density at radius 2 is 1.55 bits per heavy atom. The van der Waals surface area contributed by atoms with E-state index in [-0.39, 0.29) is 18.4 Å². The first-order chi connectivity index (χ1) is 14.7. The predicted octanol–water partition coefficient (Wildman–Crippen LogP) is 4.26. The average molecular weight is 428 g/mol. The summed E-state index contributed by atoms with van der Waals surface area (Å²) in [7, 11) is 0. The molecule has 1 N–H and O–H groups in total. The van der Waals surface area contributed by atoms with Crippen molar-refractivity contribution in [2.75, 3.05) is 11.9 Å². The lowest BCUT2D eigenvalue weighted by molar-refractivity contribution is -0.142. The van der Waals surface area contributed by atoms with E-state index in [0.29, 0.717) is 29.7 Å². The van der Waals surface area contributed by atoms with E-state index < -0.39 is 29.5 Å². The maximum atomic E-state index is 12.9. The van der Waals surface area contributed by atoms with E-state index in [9.17, 15) is 27.6 Å². The van der Waals surface area contributed by atoms with E-state index in [1.54, 1.807) is 30.3 Å². The summed E-state index contributed by atoms with van der Waals surface area (Å²) < 4.78 is 38.7. The predicted molar refractivity (Wildman–Crippen MR) is 108 cm³/mol. The molecule has 0 spiro atoms. The first-order valence-electron chi connectivity index (χ1n) is 9.82. The molecule has 1 aliphatic heterocycles. The average Bonchev–Trinajstić information content (AvgIpc) is 2.99. The summed E-state index contributed by atoms with van der Waals surface area (Å²) in [6.45, 7) is -0.361. The first-order valence-corrected chi connectivity index (χ1v) is 9.82. The van der Waals surface area contributed by atoms with E-state index >= 15 is 0 Å². The molecule has 0 radical (unpaired) electrons. The third-order valence-electron chi connectivity index (χ3n) is 5.59. The Labute approximate surface area is 176 Å². The zero-order chi connectivity index (χ0) is 22.2. The number of halogens is 3. The lowest BCUT2D eigenvalue weighted by Crippen LogP contribution is -2.38. The van der Waals surface area contributed by atoms with Crippen molar-refractivity contribution in [3.63, 3.8) is 0 Å². The minimum absolute atomic E-state index is 0.325. The van der Waals surface area contributed by atoms with Crippen LogP contribution in [0.2, 0.25) is 0 Å². The lowest BCUT2D eigenvalue weighted by atomic mass is 9.85. The highest BCUT2D eigenvalue weighted by atomic mass is 19.4. The Balaban J connectivity index is 1.41. The molecule has 1 aliphatic carbocycles. The van der Waals surface area contributed by atoms with E-state index in [2.05, 4.69) is 5.32 Å². The van der Waals surface area contributed by atoms with E-state index in [0.717, 1.165) is 17.0 Å². The van der Waals surface area contributed by atoms with Crippen LogP contribution in [0.25, 0.3) is 11.1 Å². The number of amides is 3. The molecular formula is C23H19F3N2O3. The van der Waals surface area contributed by atoms with Gasteiger partial charge in [0.15, 0.2) is 0 Å². The molecular weight excluding hydrogens is 409 g/mol. The van der Waals surface area contributed by atoms with Gasteiger partial charge < -0.3 is 5.32 Å². The molecule has 1 saturated heterocycles. The number of nitrogens with zero attached hydrogens (tertiary/aromatic N) is 1. The fourth-order valence-electron chi connectivity index (χ4n) is 3.99. The number of fused-ring (bicyclic) bond motifs is 1. The summed E-state index contributed by atoms with van der Waals surface area (Å²) in [5, 5.41) is 2.62. The Bertz CT molecular complexity index is 1030. The van der Waals surface area contributed by atoms with Gasteiger partial charge in [-0.05, 0) is 48.2 Å². The highest BCUT2D eigenvalue weighted by Gasteiger charge is 2.47. The van der Waals surface area contributed by atoms with Gasteiger partial charge in [-0.2, -0.15) is 13.2 Å². The van der Waals surface area contributed by atoms with Crippen molar-refractivity contribution in [2.45, 2.75) is 19.0 Å². The minimum atomic E-state index is -4.43. The van der Waals surface area contributed by atoms with Crippen LogP contribution in [0.4, 0.5) is 18.9 Å². The van der Waals surface area contributed by atoms with Crippen molar-refractivity contribution >= 4 is 23.4 Å². The van der Waals surface area contributed by atoms with Crippen LogP contribution < -0.4 is 5.32 Å². The second kappa shape index (κ2) is 8.02. The van der Waals surface area contributed by atoms with Crippen LogP contribution in [0, 0.1) is 11.8 Å². The Hall–Kier alpha value is -3.42. The summed E-state index contributed by atoms with van der Waals surface area (Å²) in [5.74, 6) is -1.95. The van der Waals surface area contributed by atoms with E-state index in [4.69, 9.17) is 0 Å². The molecule has 2 aliphatic rings. The summed E-state index contributed by atoms with van der Waals surface area (Å²) in [6, 6.07) is 11.3. The van der Waals surface area contributed by atoms with Crippen LogP contribution in [-0.4, -0.2) is 29.2 Å². The lowest BCUT2D eigenvalue weighted by Gasteiger charge is -2.14. The number of allylic oxidation sites excluding steroid dienone is 2. The van der Waals surface area contributed by atoms with Crippen molar-refractivity contribution in [1.29, 1.82) is 0 Å². The summed E-state index contributed by atoms with van der Waals surface area (Å²) >= 11 is 0. The molecule has 2 atom stereocenters. The van der Waals surface area contributed by atoms with Crippen LogP contribution in [0.1, 0.15) is 18.4 Å². The van der Waals surface area contributed by atoms with Crippen LogP contribution in [0.5, 0.6) is 0 Å². The molecule has 0 bridgehead atoms. The number of benzene rings is 2. The maximum Gasteiger partial charge on any atom is 0.416 e. The number of alkyl halides is 3. The molecule has 1 fully saturated rings. The number of likely N-dealkylation sites (tertiary alicyclic amines) is 1. The van der Waals surface area contributed by atoms with Gasteiger partial charge in [0, 0.05) is 5.69 Å². The molecule has 0 saturated carbocycles. The van der Waals surface area contributed by atoms with Crippen LogP contribution in [-0.2, 0) is 20.6 Å². The Morgan fingerprint density at radius 1 is 0.935 bits per heavy atom. The van der Waals surface area contributed by atoms with Gasteiger partial charge in [-0.15, -0.1) is 0 Å². The Kier molecular flexibility index (Phi) is 5.39. The maximum absolute atomic E-state index is 12.9. The van der Waals surface area contributed by atoms with Gasteiger partial charge in [-0.3, -0.25) is 19.3 Å². The molecule has 2 unspecified atom stereocenters. The van der Waals surface area contributed by atoms with Crippen molar-refractivity contribution in [2.24, 2.45) is 11.8 Å². The number of anilines is 1. The SMILES string of the molecule is O=C(CN1C(=O)C2CC=CCC2C1=O)Nc1ccc(-c2cccc(C(F)(F)F)c2)cc1. The topological polar surface area (TPSA) is 66.5 Å². The smallest absolute Gasteiger partial charge is 0.325 e. The monoisotopic (exact) mass is 428 g/mol. The van der Waals surface area contributed by atoms with Gasteiger partial charge in [-0.1, -0.05) is 36.4 Å². The summed E-state index contributed by atoms with van der Waals surface area (Å²) in [6.07, 6.45) is 0.334. The molecule has 31 heavy (non-hydrogen) atoms. The fraction of sp³-hybridized carbons (Fsp3) is 0.261. The number of rotatable bonds is 4. The third kappa shape index (κ3) is 4.23. The molecule has 1 heterocycles. The van der Waals surface area contributed by atoms with E-state index in [1.807, 2.05) is 12.2 Å². The van der Waals surface area contributed by atoms with Gasteiger partial charge in [0.05, 0.1) is 17.4 Å². The van der Waals surface area contributed by atoms with Crippen LogP contribution >= 0.6 is 0 Å². The third-order valence-corrected chi connectivity index (χ3v) is 5.59. The van der Waals surface area contributed by atoms with Gasteiger partial charge in [0.1, 0.15) is 6.54 Å². The molecule has 160 valence electrons. The number of nitrogens with one attached hydrogen (secondary N) is 1. The highest BCUT2D eigenvalue weighted by Crippen LogP contribution is 2.35. The van der Waals surface area contributed by atoms with Crippen molar-refractivity contribution in [3.8, 4) is 11.1 Å². The summed E-state index contributed by atoms with van der Waals surface area (Å²) in [5.41, 5.74) is 0.639. The molecule has 0 aromatic heterocycles. The largest absolute Gasteiger partial charge is 0.416 e. The number of imide groups is 1. The normalized spacial score (nSPS) is 20.7. The molecule has 3 amide bonds. The molecule has 2 aromatic rings. The van der Waals surface area contributed by atoms with Crippen molar-refractivity contribution in [1.82, 2.24) is 4.90 Å². The summed E-state index contributed by atoms with van der Waals surface area (Å²) in [4.78, 5) is 38.3. The number of hydrogen-bond donors (Lipinski definition) is 1. The second-order valence-corrected chi connectivity index (χ2v) is 7.62. The number of hydrogen-bond acceptors (Lipinski definition) is 3. The highest BCUT2D eigenvalue weighted by molar-refractivity contribution is 6.08. The standard InChI is InChI=1S/C23H19F3N2O3/c24-23(25,26)16-5-3-4-15(12-16)14-8-10-17(11-9-14)27-20(29)13-28-21(30)18-6-1-2-7-19(18)22(28)31/h1-5,8-12,18-19H,6-7,13H2,(H,27,29). The second-order valence-electron chi connectivity index (χ2n) is 7.62. The Morgan fingerprint density at radius 3 is 2.13 bits per heavy atom. The zero-order valence-corrected chi connectivity index (χ0v) is 16.4. The molecule has 8 heteroatoms. The number of carbonyl (C=O) groups is 3. The van der Waals surface area contributed by atoms with Gasteiger partial charge >= 0.3 is 6.18 Å². The van der Waals surface area contributed by atoms with Gasteiger partial charge in [-0.25, -0.2) is 0 Å². The fourth-order valence-corrected chi connectivity index (χ4v) is 3.99. The van der Waals surface area contributed by atoms with Crippen molar-refractivity contribution < 1.29 is 27.6 Å². The van der Waals surface area contributed by atoms with Gasteiger partial charge in [0.2, 0.25) is 17.7 Å². The first kappa shape index (κ1) is 20.8. The van der Waals surface area contributed by atoms with Crippen LogP contribution in [0.15, 0.2) is 60.7 Å². The number of carbonyl (C=O) groups excluding carboxylic acids is 3. The molecule has 4 rings (SSSR count). The van der Waals surface area contributed by atoms with Crippen molar-refractivity contribution in [3.05, 3.63) is 66.2 Å². The molecule has 2 aromatic carbocycles. The van der Waals surface area contributed by atoms with E-state index in [1.165, 1.54) is 6.07 Å².